The van der Waals surface area contributed by atoms with E-state index in [0.29, 0.717) is 12.8 Å². The molecule has 2 aliphatic heterocycles. The molecular formula is C42H76O15. The quantitative estimate of drug-likeness (QED) is 0.0290. The summed E-state index contributed by atoms with van der Waals surface area (Å²) in [6.45, 7) is 2.50. The summed E-state index contributed by atoms with van der Waals surface area (Å²) in [5, 5.41) is 71.7. The second kappa shape index (κ2) is 31.2. The van der Waals surface area contributed by atoms with Crippen LogP contribution in [0.3, 0.4) is 0 Å². The van der Waals surface area contributed by atoms with Crippen LogP contribution in [0.1, 0.15) is 149 Å². The Hall–Kier alpha value is -1.76. The van der Waals surface area contributed by atoms with E-state index in [1.807, 2.05) is 0 Å². The van der Waals surface area contributed by atoms with Crippen molar-refractivity contribution in [3.8, 4) is 0 Å². The van der Waals surface area contributed by atoms with Crippen LogP contribution in [-0.2, 0) is 38.0 Å². The maximum Gasteiger partial charge on any atom is 0.306 e. The molecule has 0 aromatic carbocycles. The Kier molecular flexibility index (Phi) is 28.1. The molecule has 7 N–H and O–H groups in total. The van der Waals surface area contributed by atoms with Crippen molar-refractivity contribution in [2.24, 2.45) is 0 Å². The van der Waals surface area contributed by atoms with Gasteiger partial charge in [0, 0.05) is 12.8 Å². The Morgan fingerprint density at radius 1 is 0.544 bits per heavy atom. The van der Waals surface area contributed by atoms with Crippen LogP contribution in [-0.4, -0.2) is 142 Å². The van der Waals surface area contributed by atoms with Gasteiger partial charge in [-0.1, -0.05) is 109 Å². The molecule has 0 aromatic heterocycles. The Labute approximate surface area is 340 Å². The first kappa shape index (κ1) is 51.4. The molecule has 15 nitrogen and oxygen atoms in total. The predicted octanol–water partition coefficient (Wildman–Crippen LogP) is 3.87. The summed E-state index contributed by atoms with van der Waals surface area (Å²) in [4.78, 5) is 25.5. The number of hydrogen-bond acceptors (Lipinski definition) is 15. The van der Waals surface area contributed by atoms with Crippen LogP contribution in [0.4, 0.5) is 0 Å². The lowest BCUT2D eigenvalue weighted by molar-refractivity contribution is -0.332. The van der Waals surface area contributed by atoms with Gasteiger partial charge in [0.25, 0.3) is 0 Å². The van der Waals surface area contributed by atoms with E-state index in [0.717, 1.165) is 57.8 Å². The number of aliphatic hydroxyl groups excluding tert-OH is 7. The largest absolute Gasteiger partial charge is 0.462 e. The van der Waals surface area contributed by atoms with Crippen molar-refractivity contribution in [1.29, 1.82) is 0 Å². The number of carbonyl (C=O) groups is 2. The predicted molar refractivity (Wildman–Crippen MR) is 211 cm³/mol. The van der Waals surface area contributed by atoms with E-state index >= 15 is 0 Å². The highest BCUT2D eigenvalue weighted by Crippen LogP contribution is 2.26. The molecule has 11 atom stereocenters. The highest BCUT2D eigenvalue weighted by atomic mass is 16.7. The van der Waals surface area contributed by atoms with Crippen molar-refractivity contribution in [3.63, 3.8) is 0 Å². The average molecular weight is 821 g/mol. The minimum atomic E-state index is -1.76. The van der Waals surface area contributed by atoms with Crippen LogP contribution < -0.4 is 0 Å². The molecule has 334 valence electrons. The molecule has 2 aliphatic rings. The number of carbonyl (C=O) groups excluding carboxylic acids is 2. The summed E-state index contributed by atoms with van der Waals surface area (Å²) in [5.41, 5.74) is 0. The maximum atomic E-state index is 12.9. The monoisotopic (exact) mass is 821 g/mol. The molecular weight excluding hydrogens is 744 g/mol. The fraction of sp³-hybridized carbons (Fsp3) is 0.905. The van der Waals surface area contributed by atoms with Gasteiger partial charge in [-0.2, -0.15) is 0 Å². The van der Waals surface area contributed by atoms with Crippen molar-refractivity contribution < 1.29 is 73.8 Å². The number of ether oxygens (including phenoxy) is 6. The van der Waals surface area contributed by atoms with Crippen molar-refractivity contribution in [2.75, 3.05) is 26.4 Å². The SMILES string of the molecule is CCCCCC/C=C/CCCCCCCC(=O)O[C@H](COC(=O)CCCCCCCCCC)CO[C@@H]1O[C@H](CO[C@@H]2O[C@H](CO)[C@H](O)C(O)C2O)[C@H](O)C(O)C1O. The lowest BCUT2D eigenvalue weighted by atomic mass is 9.98. The third kappa shape index (κ3) is 20.9. The molecule has 0 saturated carbocycles. The van der Waals surface area contributed by atoms with Gasteiger partial charge in [0.05, 0.1) is 19.8 Å². The van der Waals surface area contributed by atoms with Crippen molar-refractivity contribution >= 4 is 11.9 Å². The van der Waals surface area contributed by atoms with Gasteiger partial charge < -0.3 is 64.2 Å². The second-order valence-corrected chi connectivity index (χ2v) is 15.5. The van der Waals surface area contributed by atoms with E-state index < -0.39 is 92.7 Å². The Morgan fingerprint density at radius 3 is 1.56 bits per heavy atom. The van der Waals surface area contributed by atoms with Crippen LogP contribution in [0.15, 0.2) is 12.2 Å². The Balaban J connectivity index is 1.88. The summed E-state index contributed by atoms with van der Waals surface area (Å²) in [5.74, 6) is -0.939. The fourth-order valence-electron chi connectivity index (χ4n) is 6.80. The highest BCUT2D eigenvalue weighted by molar-refractivity contribution is 5.70. The van der Waals surface area contributed by atoms with Crippen LogP contribution in [0.25, 0.3) is 0 Å². The van der Waals surface area contributed by atoms with E-state index in [-0.39, 0.29) is 26.1 Å². The average Bonchev–Trinajstić information content (AvgIpc) is 3.20. The first-order valence-corrected chi connectivity index (χ1v) is 21.8. The Morgan fingerprint density at radius 2 is 1.00 bits per heavy atom. The van der Waals surface area contributed by atoms with Gasteiger partial charge >= 0.3 is 11.9 Å². The van der Waals surface area contributed by atoms with Gasteiger partial charge in [-0.15, -0.1) is 0 Å². The molecule has 0 bridgehead atoms. The van der Waals surface area contributed by atoms with Crippen LogP contribution >= 0.6 is 0 Å². The molecule has 57 heavy (non-hydrogen) atoms. The zero-order chi connectivity index (χ0) is 41.8. The topological polar surface area (TPSA) is 231 Å². The van der Waals surface area contributed by atoms with Crippen molar-refractivity contribution in [2.45, 2.75) is 216 Å². The molecule has 0 aliphatic carbocycles. The van der Waals surface area contributed by atoms with E-state index in [2.05, 4.69) is 26.0 Å². The molecule has 15 heteroatoms. The normalized spacial score (nSPS) is 28.4. The molecule has 0 spiro atoms. The van der Waals surface area contributed by atoms with Crippen LogP contribution in [0.2, 0.25) is 0 Å². The summed E-state index contributed by atoms with van der Waals surface area (Å²) in [6, 6.07) is 0. The van der Waals surface area contributed by atoms with Gasteiger partial charge in [0.2, 0.25) is 0 Å². The number of unbranched alkanes of at least 4 members (excludes halogenated alkanes) is 16. The first-order valence-electron chi connectivity index (χ1n) is 21.8. The minimum absolute atomic E-state index is 0.158. The third-order valence-corrected chi connectivity index (χ3v) is 10.5. The second-order valence-electron chi connectivity index (χ2n) is 15.5. The number of allylic oxidation sites excluding steroid dienone is 2. The number of esters is 2. The molecule has 2 heterocycles. The zero-order valence-corrected chi connectivity index (χ0v) is 34.6. The van der Waals surface area contributed by atoms with Gasteiger partial charge in [0.15, 0.2) is 18.7 Å². The summed E-state index contributed by atoms with van der Waals surface area (Å²) in [7, 11) is 0. The number of hydrogen-bond donors (Lipinski definition) is 7. The number of aliphatic hydroxyl groups is 7. The number of rotatable bonds is 32. The lowest BCUT2D eigenvalue weighted by Crippen LogP contribution is -2.61. The summed E-state index contributed by atoms with van der Waals surface area (Å²) >= 11 is 0. The first-order chi connectivity index (χ1) is 27.5. The van der Waals surface area contributed by atoms with Crippen LogP contribution in [0, 0.1) is 0 Å². The van der Waals surface area contributed by atoms with Gasteiger partial charge in [-0.3, -0.25) is 9.59 Å². The van der Waals surface area contributed by atoms with E-state index in [9.17, 15) is 45.3 Å². The molecule has 2 saturated heterocycles. The molecule has 4 unspecified atom stereocenters. The molecule has 0 aromatic rings. The van der Waals surface area contributed by atoms with Crippen LogP contribution in [0.5, 0.6) is 0 Å². The van der Waals surface area contributed by atoms with Gasteiger partial charge in [-0.25, -0.2) is 0 Å². The zero-order valence-electron chi connectivity index (χ0n) is 34.6. The highest BCUT2D eigenvalue weighted by Gasteiger charge is 2.47. The summed E-state index contributed by atoms with van der Waals surface area (Å²) in [6.07, 6.45) is 8.50. The molecule has 2 rings (SSSR count). The molecule has 0 radical (unpaired) electrons. The Bertz CT molecular complexity index is 1060. The van der Waals surface area contributed by atoms with E-state index in [4.69, 9.17) is 28.4 Å². The van der Waals surface area contributed by atoms with Crippen molar-refractivity contribution in [1.82, 2.24) is 0 Å². The lowest BCUT2D eigenvalue weighted by Gasteiger charge is -2.42. The molecule has 2 fully saturated rings. The maximum absolute atomic E-state index is 12.9. The van der Waals surface area contributed by atoms with Crippen molar-refractivity contribution in [3.05, 3.63) is 12.2 Å². The van der Waals surface area contributed by atoms with Gasteiger partial charge in [0.1, 0.15) is 55.4 Å². The van der Waals surface area contributed by atoms with E-state index in [1.54, 1.807) is 0 Å². The molecule has 0 amide bonds. The standard InChI is InChI=1S/C42H76O15/c1-3-5-7-9-11-13-14-15-16-17-19-21-23-25-34(45)55-30(27-52-33(44)24-22-20-18-12-10-8-6-4-2)28-53-41-40(51)38(49)36(47)32(57-41)29-54-42-39(50)37(48)35(46)31(26-43)56-42/h13-14,30-32,35-43,46-51H,3-12,15-29H2,1-2H3/b14-13+/t30-,31-,32-,35+,36+,37?,38?,39?,40?,41-,42-/m1/s1. The third-order valence-electron chi connectivity index (χ3n) is 10.5. The fourth-order valence-corrected chi connectivity index (χ4v) is 6.80. The smallest absolute Gasteiger partial charge is 0.306 e. The minimum Gasteiger partial charge on any atom is -0.462 e. The van der Waals surface area contributed by atoms with Gasteiger partial charge in [-0.05, 0) is 38.5 Å². The van der Waals surface area contributed by atoms with E-state index in [1.165, 1.54) is 51.4 Å². The summed E-state index contributed by atoms with van der Waals surface area (Å²) < 4.78 is 33.3.